The van der Waals surface area contributed by atoms with Crippen LogP contribution < -0.4 is 10.6 Å². The summed E-state index contributed by atoms with van der Waals surface area (Å²) in [5.41, 5.74) is 0.107. The number of halogens is 1. The molecule has 2 heterocycles. The smallest absolute Gasteiger partial charge is 0.339 e. The molecule has 0 aliphatic carbocycles. The van der Waals surface area contributed by atoms with Crippen molar-refractivity contribution in [1.29, 1.82) is 0 Å². The molecule has 0 bridgehead atoms. The van der Waals surface area contributed by atoms with Gasteiger partial charge in [0, 0.05) is 4.88 Å². The molecule has 0 radical (unpaired) electrons. The summed E-state index contributed by atoms with van der Waals surface area (Å²) in [7, 11) is 0. The van der Waals surface area contributed by atoms with Crippen molar-refractivity contribution in [3.8, 4) is 0 Å². The van der Waals surface area contributed by atoms with Gasteiger partial charge in [-0.2, -0.15) is 0 Å². The lowest BCUT2D eigenvalue weighted by Gasteiger charge is -2.04. The highest BCUT2D eigenvalue weighted by Crippen LogP contribution is 2.21. The number of nitrogens with one attached hydrogen (secondary N) is 2. The summed E-state index contributed by atoms with van der Waals surface area (Å²) in [4.78, 5) is 23.5. The third-order valence-electron chi connectivity index (χ3n) is 2.67. The first-order valence-electron chi connectivity index (χ1n) is 6.04. The summed E-state index contributed by atoms with van der Waals surface area (Å²) in [6.07, 6.45) is 0. The summed E-state index contributed by atoms with van der Waals surface area (Å²) >= 11 is 4.89. The predicted molar refractivity (Wildman–Crippen MR) is 81.5 cm³/mol. The third kappa shape index (κ3) is 4.33. The SMILES string of the molecule is Cc1oc(CNC(=O)NCc2ccc(Br)s2)cc1C(=O)O. The van der Waals surface area contributed by atoms with Crippen molar-refractivity contribution in [2.75, 3.05) is 0 Å². The van der Waals surface area contributed by atoms with E-state index < -0.39 is 5.97 Å². The quantitative estimate of drug-likeness (QED) is 0.751. The fraction of sp³-hybridized carbons (Fsp3) is 0.231. The standard InChI is InChI=1S/C13H13BrN2O4S/c1-7-10(12(17)18)4-8(20-7)5-15-13(19)16-6-9-2-3-11(14)21-9/h2-4H,5-6H2,1H3,(H,17,18)(H2,15,16,19). The Balaban J connectivity index is 1.81. The van der Waals surface area contributed by atoms with Crippen LogP contribution in [0.2, 0.25) is 0 Å². The molecule has 0 saturated carbocycles. The number of thiophene rings is 1. The molecule has 2 aromatic rings. The van der Waals surface area contributed by atoms with E-state index in [1.54, 1.807) is 18.3 Å². The van der Waals surface area contributed by atoms with E-state index >= 15 is 0 Å². The van der Waals surface area contributed by atoms with Gasteiger partial charge in [-0.1, -0.05) is 0 Å². The van der Waals surface area contributed by atoms with E-state index in [0.717, 1.165) is 8.66 Å². The molecule has 0 spiro atoms. The molecule has 0 saturated heterocycles. The van der Waals surface area contributed by atoms with Gasteiger partial charge < -0.3 is 20.2 Å². The highest BCUT2D eigenvalue weighted by atomic mass is 79.9. The third-order valence-corrected chi connectivity index (χ3v) is 4.30. The minimum absolute atomic E-state index is 0.107. The Kier molecular flexibility index (Phi) is 5.03. The number of amides is 2. The number of hydrogen-bond donors (Lipinski definition) is 3. The summed E-state index contributed by atoms with van der Waals surface area (Å²) in [5.74, 6) is -0.322. The van der Waals surface area contributed by atoms with Crippen LogP contribution in [0.4, 0.5) is 4.79 Å². The lowest BCUT2D eigenvalue weighted by atomic mass is 10.2. The normalized spacial score (nSPS) is 10.4. The van der Waals surface area contributed by atoms with Gasteiger partial charge in [-0.05, 0) is 41.1 Å². The largest absolute Gasteiger partial charge is 0.478 e. The number of carbonyl (C=O) groups excluding carboxylic acids is 1. The molecule has 21 heavy (non-hydrogen) atoms. The minimum atomic E-state index is -1.05. The average Bonchev–Trinajstić information content (AvgIpc) is 3.00. The van der Waals surface area contributed by atoms with Crippen LogP contribution in [0.1, 0.15) is 26.8 Å². The van der Waals surface area contributed by atoms with Crippen LogP contribution in [-0.2, 0) is 13.1 Å². The Morgan fingerprint density at radius 1 is 1.33 bits per heavy atom. The molecule has 8 heteroatoms. The fourth-order valence-electron chi connectivity index (χ4n) is 1.69. The Morgan fingerprint density at radius 2 is 2.05 bits per heavy atom. The molecule has 0 fully saturated rings. The molecule has 0 unspecified atom stereocenters. The molecule has 2 amide bonds. The van der Waals surface area contributed by atoms with Crippen LogP contribution in [0.15, 0.2) is 26.4 Å². The Bertz CT molecular complexity index is 665. The first kappa shape index (κ1) is 15.6. The number of aromatic carboxylic acids is 1. The van der Waals surface area contributed by atoms with Crippen molar-refractivity contribution < 1.29 is 19.1 Å². The van der Waals surface area contributed by atoms with Crippen LogP contribution in [0.3, 0.4) is 0 Å². The maximum Gasteiger partial charge on any atom is 0.339 e. The second-order valence-electron chi connectivity index (χ2n) is 4.23. The van der Waals surface area contributed by atoms with Crippen molar-refractivity contribution in [3.05, 3.63) is 43.9 Å². The van der Waals surface area contributed by atoms with E-state index in [-0.39, 0.29) is 18.1 Å². The van der Waals surface area contributed by atoms with E-state index in [9.17, 15) is 9.59 Å². The van der Waals surface area contributed by atoms with Gasteiger partial charge in [-0.3, -0.25) is 0 Å². The zero-order valence-corrected chi connectivity index (χ0v) is 13.5. The first-order chi connectivity index (χ1) is 9.95. The van der Waals surface area contributed by atoms with E-state index in [1.807, 2.05) is 12.1 Å². The molecular formula is C13H13BrN2O4S. The summed E-state index contributed by atoms with van der Waals surface area (Å²) in [5, 5.41) is 14.2. The molecule has 2 rings (SSSR count). The van der Waals surface area contributed by atoms with E-state index in [1.165, 1.54) is 6.07 Å². The maximum absolute atomic E-state index is 11.6. The van der Waals surface area contributed by atoms with E-state index in [2.05, 4.69) is 26.6 Å². The molecule has 0 aliphatic rings. The highest BCUT2D eigenvalue weighted by Gasteiger charge is 2.14. The number of aryl methyl sites for hydroxylation is 1. The second kappa shape index (κ2) is 6.77. The molecule has 3 N–H and O–H groups in total. The van der Waals surface area contributed by atoms with Crippen LogP contribution in [0.25, 0.3) is 0 Å². The van der Waals surface area contributed by atoms with E-state index in [0.29, 0.717) is 18.1 Å². The van der Waals surface area contributed by atoms with Crippen LogP contribution in [-0.4, -0.2) is 17.1 Å². The molecule has 112 valence electrons. The Morgan fingerprint density at radius 3 is 2.62 bits per heavy atom. The van der Waals surface area contributed by atoms with E-state index in [4.69, 9.17) is 9.52 Å². The number of urea groups is 1. The number of carboxylic acid groups (broad SMARTS) is 1. The number of carbonyl (C=O) groups is 2. The zero-order valence-electron chi connectivity index (χ0n) is 11.1. The van der Waals surface area contributed by atoms with Gasteiger partial charge in [-0.25, -0.2) is 9.59 Å². The van der Waals surface area contributed by atoms with Gasteiger partial charge >= 0.3 is 12.0 Å². The van der Waals surface area contributed by atoms with Crippen molar-refractivity contribution in [3.63, 3.8) is 0 Å². The molecule has 0 atom stereocenters. The molecular weight excluding hydrogens is 360 g/mol. The van der Waals surface area contributed by atoms with Gasteiger partial charge in [0.2, 0.25) is 0 Å². The topological polar surface area (TPSA) is 91.6 Å². The molecule has 0 aliphatic heterocycles. The van der Waals surface area contributed by atoms with Gasteiger partial charge in [0.25, 0.3) is 0 Å². The number of carboxylic acids is 1. The predicted octanol–water partition coefficient (Wildman–Crippen LogP) is 3.11. The van der Waals surface area contributed by atoms with Gasteiger partial charge in [0.05, 0.1) is 16.9 Å². The number of furan rings is 1. The fourth-order valence-corrected chi connectivity index (χ4v) is 3.11. The first-order valence-corrected chi connectivity index (χ1v) is 7.65. The summed E-state index contributed by atoms with van der Waals surface area (Å²) in [6.45, 7) is 2.13. The Labute approximate surface area is 133 Å². The van der Waals surface area contributed by atoms with Crippen LogP contribution in [0, 0.1) is 6.92 Å². The Hall–Kier alpha value is -1.80. The minimum Gasteiger partial charge on any atom is -0.478 e. The van der Waals surface area contributed by atoms with Crippen molar-refractivity contribution in [1.82, 2.24) is 10.6 Å². The number of rotatable bonds is 5. The lowest BCUT2D eigenvalue weighted by molar-refractivity contribution is 0.0695. The maximum atomic E-state index is 11.6. The van der Waals surface area contributed by atoms with Crippen LogP contribution in [0.5, 0.6) is 0 Å². The highest BCUT2D eigenvalue weighted by molar-refractivity contribution is 9.11. The number of hydrogen-bond acceptors (Lipinski definition) is 4. The average molecular weight is 373 g/mol. The molecule has 6 nitrogen and oxygen atoms in total. The van der Waals surface area contributed by atoms with Crippen molar-refractivity contribution >= 4 is 39.3 Å². The molecule has 0 aromatic carbocycles. The van der Waals surface area contributed by atoms with Gasteiger partial charge in [0.1, 0.15) is 17.1 Å². The lowest BCUT2D eigenvalue weighted by Crippen LogP contribution is -2.34. The molecule has 2 aromatic heterocycles. The summed E-state index contributed by atoms with van der Waals surface area (Å²) < 4.78 is 6.27. The monoisotopic (exact) mass is 372 g/mol. The zero-order chi connectivity index (χ0) is 15.4. The van der Waals surface area contributed by atoms with Crippen LogP contribution >= 0.6 is 27.3 Å². The van der Waals surface area contributed by atoms with Crippen molar-refractivity contribution in [2.24, 2.45) is 0 Å². The second-order valence-corrected chi connectivity index (χ2v) is 6.78. The van der Waals surface area contributed by atoms with Crippen molar-refractivity contribution in [2.45, 2.75) is 20.0 Å². The van der Waals surface area contributed by atoms with Gasteiger partial charge in [0.15, 0.2) is 0 Å². The summed E-state index contributed by atoms with van der Waals surface area (Å²) in [6, 6.07) is 4.90. The van der Waals surface area contributed by atoms with Gasteiger partial charge in [-0.15, -0.1) is 11.3 Å².